The predicted octanol–water partition coefficient (Wildman–Crippen LogP) is 1.01. The van der Waals surface area contributed by atoms with Crippen molar-refractivity contribution in [1.29, 1.82) is 0 Å². The monoisotopic (exact) mass is 296 g/mol. The van der Waals surface area contributed by atoms with Gasteiger partial charge in [-0.25, -0.2) is 0 Å². The Morgan fingerprint density at radius 2 is 2.10 bits per heavy atom. The third-order valence-corrected chi connectivity index (χ3v) is 5.98. The number of carbonyl (C=O) groups excluding carboxylic acids is 1. The lowest BCUT2D eigenvalue weighted by Gasteiger charge is -2.61. The van der Waals surface area contributed by atoms with E-state index < -0.39 is 5.54 Å². The molecular weight excluding hydrogens is 268 g/mol. The first-order valence-electron chi connectivity index (χ1n) is 8.20. The topological polar surface area (TPSA) is 64.8 Å². The summed E-state index contributed by atoms with van der Waals surface area (Å²) in [5, 5.41) is 0. The lowest BCUT2D eigenvalue weighted by molar-refractivity contribution is -0.184. The summed E-state index contributed by atoms with van der Waals surface area (Å²) in [6, 6.07) is 0. The van der Waals surface area contributed by atoms with Crippen LogP contribution in [0.1, 0.15) is 33.6 Å². The molecule has 120 valence electrons. The number of hydrogen-bond acceptors (Lipinski definition) is 4. The van der Waals surface area contributed by atoms with Crippen LogP contribution in [0.25, 0.3) is 0 Å². The fraction of sp³-hybridized carbons (Fsp3) is 0.938. The fourth-order valence-corrected chi connectivity index (χ4v) is 4.47. The molecule has 2 aliphatic heterocycles. The Morgan fingerprint density at radius 1 is 1.33 bits per heavy atom. The first-order valence-corrected chi connectivity index (χ1v) is 8.20. The van der Waals surface area contributed by atoms with Crippen molar-refractivity contribution < 1.29 is 14.3 Å². The number of nitrogens with zero attached hydrogens (tertiary/aromatic N) is 1. The summed E-state index contributed by atoms with van der Waals surface area (Å²) in [4.78, 5) is 15.1. The van der Waals surface area contributed by atoms with Gasteiger partial charge in [-0.15, -0.1) is 0 Å². The highest BCUT2D eigenvalue weighted by molar-refractivity contribution is 5.89. The Labute approximate surface area is 127 Å². The van der Waals surface area contributed by atoms with Crippen LogP contribution in [-0.4, -0.2) is 55.4 Å². The summed E-state index contributed by atoms with van der Waals surface area (Å²) in [6.07, 6.45) is 2.08. The van der Waals surface area contributed by atoms with E-state index in [2.05, 4.69) is 13.8 Å². The maximum Gasteiger partial charge on any atom is 0.243 e. The minimum atomic E-state index is -0.774. The molecule has 0 spiro atoms. The van der Waals surface area contributed by atoms with Gasteiger partial charge < -0.3 is 20.1 Å². The highest BCUT2D eigenvalue weighted by Crippen LogP contribution is 2.58. The molecule has 2 saturated heterocycles. The van der Waals surface area contributed by atoms with Gasteiger partial charge in [0, 0.05) is 43.6 Å². The average Bonchev–Trinajstić information content (AvgIpc) is 3.13. The van der Waals surface area contributed by atoms with Crippen molar-refractivity contribution in [2.75, 3.05) is 32.9 Å². The van der Waals surface area contributed by atoms with Gasteiger partial charge in [0.05, 0.1) is 12.7 Å². The number of fused-ring (bicyclic) bond motifs is 1. The van der Waals surface area contributed by atoms with Gasteiger partial charge in [0.2, 0.25) is 5.91 Å². The fourth-order valence-electron chi connectivity index (χ4n) is 4.47. The molecule has 5 nitrogen and oxygen atoms in total. The lowest BCUT2D eigenvalue weighted by Crippen LogP contribution is -2.80. The Kier molecular flexibility index (Phi) is 3.79. The molecule has 4 unspecified atom stereocenters. The van der Waals surface area contributed by atoms with E-state index in [1.807, 2.05) is 11.8 Å². The van der Waals surface area contributed by atoms with Crippen LogP contribution in [0.3, 0.4) is 0 Å². The first-order chi connectivity index (χ1) is 9.92. The SMILES string of the molecule is CCN(CC1CCOC1)C(=O)C1(N)C2CCOC2C1(C)C. The van der Waals surface area contributed by atoms with E-state index in [0.717, 1.165) is 39.2 Å². The summed E-state index contributed by atoms with van der Waals surface area (Å²) in [5.74, 6) is 0.735. The van der Waals surface area contributed by atoms with Gasteiger partial charge in [0.25, 0.3) is 0 Å². The van der Waals surface area contributed by atoms with Crippen molar-refractivity contribution in [2.45, 2.75) is 45.3 Å². The summed E-state index contributed by atoms with van der Waals surface area (Å²) < 4.78 is 11.2. The zero-order valence-corrected chi connectivity index (χ0v) is 13.4. The molecule has 0 radical (unpaired) electrons. The molecular formula is C16H28N2O3. The van der Waals surface area contributed by atoms with Crippen LogP contribution in [0, 0.1) is 17.3 Å². The number of carbonyl (C=O) groups is 1. The molecule has 3 aliphatic rings. The smallest absolute Gasteiger partial charge is 0.243 e. The minimum Gasteiger partial charge on any atom is -0.381 e. The van der Waals surface area contributed by atoms with Crippen LogP contribution in [0.15, 0.2) is 0 Å². The molecule has 0 aromatic carbocycles. The molecule has 4 atom stereocenters. The zero-order valence-electron chi connectivity index (χ0n) is 13.4. The van der Waals surface area contributed by atoms with Gasteiger partial charge in [-0.3, -0.25) is 4.79 Å². The van der Waals surface area contributed by atoms with Crippen molar-refractivity contribution in [3.63, 3.8) is 0 Å². The quantitative estimate of drug-likeness (QED) is 0.841. The van der Waals surface area contributed by atoms with Gasteiger partial charge in [0.15, 0.2) is 0 Å². The van der Waals surface area contributed by atoms with Gasteiger partial charge >= 0.3 is 0 Å². The van der Waals surface area contributed by atoms with E-state index >= 15 is 0 Å². The van der Waals surface area contributed by atoms with Crippen LogP contribution < -0.4 is 5.73 Å². The van der Waals surface area contributed by atoms with E-state index in [1.165, 1.54) is 0 Å². The van der Waals surface area contributed by atoms with E-state index in [4.69, 9.17) is 15.2 Å². The molecule has 0 bridgehead atoms. The number of hydrogen-bond donors (Lipinski definition) is 1. The second kappa shape index (κ2) is 5.21. The second-order valence-corrected chi connectivity index (χ2v) is 7.35. The summed E-state index contributed by atoms with van der Waals surface area (Å²) in [5.41, 5.74) is 5.60. The molecule has 0 aromatic rings. The summed E-state index contributed by atoms with van der Waals surface area (Å²) in [6.45, 7) is 9.96. The maximum absolute atomic E-state index is 13.1. The third-order valence-electron chi connectivity index (χ3n) is 5.98. The Bertz CT molecular complexity index is 420. The molecule has 3 fully saturated rings. The zero-order chi connectivity index (χ0) is 15.3. The molecule has 5 heteroatoms. The average molecular weight is 296 g/mol. The van der Waals surface area contributed by atoms with Crippen LogP contribution >= 0.6 is 0 Å². The molecule has 21 heavy (non-hydrogen) atoms. The number of nitrogens with two attached hydrogens (primary N) is 1. The van der Waals surface area contributed by atoms with E-state index in [1.54, 1.807) is 0 Å². The van der Waals surface area contributed by atoms with Crippen LogP contribution in [0.2, 0.25) is 0 Å². The first kappa shape index (κ1) is 15.3. The second-order valence-electron chi connectivity index (χ2n) is 7.35. The summed E-state index contributed by atoms with van der Waals surface area (Å²) >= 11 is 0. The Balaban J connectivity index is 1.75. The van der Waals surface area contributed by atoms with Gasteiger partial charge in [-0.2, -0.15) is 0 Å². The molecule has 0 aromatic heterocycles. The number of likely N-dealkylation sites (N-methyl/N-ethyl adjacent to an activating group) is 1. The van der Waals surface area contributed by atoms with Crippen LogP contribution in [-0.2, 0) is 14.3 Å². The van der Waals surface area contributed by atoms with Crippen molar-refractivity contribution in [3.8, 4) is 0 Å². The summed E-state index contributed by atoms with van der Waals surface area (Å²) in [7, 11) is 0. The van der Waals surface area contributed by atoms with Crippen molar-refractivity contribution in [2.24, 2.45) is 23.0 Å². The standard InChI is InChI=1S/C16H28N2O3/c1-4-18(9-11-5-7-20-10-11)14(19)16(17)12-6-8-21-13(12)15(16,2)3/h11-13H,4-10,17H2,1-3H3. The Morgan fingerprint density at radius 3 is 2.71 bits per heavy atom. The van der Waals surface area contributed by atoms with Gasteiger partial charge in [-0.1, -0.05) is 13.8 Å². The molecule has 3 rings (SSSR count). The number of amides is 1. The largest absolute Gasteiger partial charge is 0.381 e. The van der Waals surface area contributed by atoms with Crippen LogP contribution in [0.5, 0.6) is 0 Å². The highest BCUT2D eigenvalue weighted by Gasteiger charge is 2.71. The molecule has 1 saturated carbocycles. The van der Waals surface area contributed by atoms with E-state index in [0.29, 0.717) is 12.5 Å². The Hall–Kier alpha value is -0.650. The van der Waals surface area contributed by atoms with E-state index in [9.17, 15) is 4.79 Å². The van der Waals surface area contributed by atoms with Crippen molar-refractivity contribution in [1.82, 2.24) is 4.90 Å². The van der Waals surface area contributed by atoms with Gasteiger partial charge in [0.1, 0.15) is 5.54 Å². The van der Waals surface area contributed by atoms with Crippen molar-refractivity contribution >= 4 is 5.91 Å². The normalized spacial score (nSPS) is 40.7. The third kappa shape index (κ3) is 2.05. The molecule has 1 amide bonds. The molecule has 1 aliphatic carbocycles. The molecule has 2 heterocycles. The van der Waals surface area contributed by atoms with Crippen LogP contribution in [0.4, 0.5) is 0 Å². The van der Waals surface area contributed by atoms with E-state index in [-0.39, 0.29) is 23.3 Å². The predicted molar refractivity (Wildman–Crippen MR) is 79.7 cm³/mol. The number of rotatable bonds is 4. The maximum atomic E-state index is 13.1. The van der Waals surface area contributed by atoms with Crippen molar-refractivity contribution in [3.05, 3.63) is 0 Å². The minimum absolute atomic E-state index is 0.105. The highest BCUT2D eigenvalue weighted by atomic mass is 16.5. The molecule has 2 N–H and O–H groups in total. The van der Waals surface area contributed by atoms with Gasteiger partial charge in [-0.05, 0) is 19.8 Å². The lowest BCUT2D eigenvalue weighted by atomic mass is 9.47. The number of ether oxygens (including phenoxy) is 2.